The lowest BCUT2D eigenvalue weighted by Crippen LogP contribution is -2.45. The van der Waals surface area contributed by atoms with Gasteiger partial charge in [0.05, 0.1) is 25.4 Å². The third-order valence-electron chi connectivity index (χ3n) is 13.2. The average Bonchev–Trinajstić information content (AvgIpc) is 3.29. The van der Waals surface area contributed by atoms with Crippen molar-refractivity contribution in [3.05, 3.63) is 24.3 Å². The van der Waals surface area contributed by atoms with Crippen LogP contribution in [0.1, 0.15) is 309 Å². The van der Waals surface area contributed by atoms with E-state index < -0.39 is 12.1 Å². The highest BCUT2D eigenvalue weighted by molar-refractivity contribution is 5.76. The van der Waals surface area contributed by atoms with E-state index in [2.05, 4.69) is 31.3 Å². The van der Waals surface area contributed by atoms with Gasteiger partial charge in [0.1, 0.15) is 0 Å². The van der Waals surface area contributed by atoms with E-state index >= 15 is 0 Å². The lowest BCUT2D eigenvalue weighted by molar-refractivity contribution is -0.143. The van der Waals surface area contributed by atoms with Crippen LogP contribution in [0.4, 0.5) is 0 Å². The zero-order valence-corrected chi connectivity index (χ0v) is 43.0. The van der Waals surface area contributed by atoms with Crippen molar-refractivity contribution in [2.24, 2.45) is 0 Å². The molecule has 64 heavy (non-hydrogen) atoms. The summed E-state index contributed by atoms with van der Waals surface area (Å²) in [6.07, 6.45) is 64.8. The summed E-state index contributed by atoms with van der Waals surface area (Å²) in [6.45, 7) is 4.87. The number of hydrogen-bond acceptors (Lipinski definition) is 5. The van der Waals surface area contributed by atoms with Crippen LogP contribution in [0.25, 0.3) is 0 Å². The third kappa shape index (κ3) is 49.8. The molecule has 0 aromatic rings. The summed E-state index contributed by atoms with van der Waals surface area (Å²) in [4.78, 5) is 24.5. The topological polar surface area (TPSA) is 95.9 Å². The molecule has 0 aromatic heterocycles. The Labute approximate surface area is 399 Å². The molecule has 0 bridgehead atoms. The molecule has 2 atom stereocenters. The number of unbranched alkanes of at least 4 members (excludes halogenated alkanes) is 40. The Morgan fingerprint density at radius 2 is 0.734 bits per heavy atom. The Kier molecular flexibility index (Phi) is 52.6. The second kappa shape index (κ2) is 54.0. The Morgan fingerprint density at radius 1 is 0.422 bits per heavy atom. The number of carbonyl (C=O) groups excluding carboxylic acids is 2. The summed E-state index contributed by atoms with van der Waals surface area (Å²) >= 11 is 0. The van der Waals surface area contributed by atoms with Gasteiger partial charge < -0.3 is 20.3 Å². The van der Waals surface area contributed by atoms with Crippen molar-refractivity contribution in [2.75, 3.05) is 13.2 Å². The number of aliphatic hydroxyl groups excluding tert-OH is 2. The van der Waals surface area contributed by atoms with Crippen molar-refractivity contribution in [3.8, 4) is 0 Å². The van der Waals surface area contributed by atoms with Crippen molar-refractivity contribution in [3.63, 3.8) is 0 Å². The fraction of sp³-hybridized carbons (Fsp3) is 0.897. The molecule has 3 N–H and O–H groups in total. The quantitative estimate of drug-likeness (QED) is 0.0321. The molecule has 378 valence electrons. The number of amides is 1. The van der Waals surface area contributed by atoms with E-state index in [0.717, 1.165) is 70.6 Å². The van der Waals surface area contributed by atoms with Gasteiger partial charge in [0.15, 0.2) is 0 Å². The molecule has 0 saturated heterocycles. The van der Waals surface area contributed by atoms with Crippen LogP contribution in [-0.2, 0) is 14.3 Å². The molecule has 6 nitrogen and oxygen atoms in total. The van der Waals surface area contributed by atoms with Crippen LogP contribution in [0, 0.1) is 0 Å². The van der Waals surface area contributed by atoms with Crippen LogP contribution in [0.3, 0.4) is 0 Å². The zero-order chi connectivity index (χ0) is 46.5. The smallest absolute Gasteiger partial charge is 0.305 e. The lowest BCUT2D eigenvalue weighted by Gasteiger charge is -2.19. The Morgan fingerprint density at radius 3 is 1.12 bits per heavy atom. The Balaban J connectivity index is 3.53. The largest absolute Gasteiger partial charge is 0.466 e. The van der Waals surface area contributed by atoms with Crippen molar-refractivity contribution >= 4 is 11.9 Å². The van der Waals surface area contributed by atoms with Crippen molar-refractivity contribution in [1.82, 2.24) is 5.32 Å². The van der Waals surface area contributed by atoms with E-state index in [-0.39, 0.29) is 18.5 Å². The number of rotatable bonds is 53. The molecule has 2 unspecified atom stereocenters. The van der Waals surface area contributed by atoms with Crippen LogP contribution in [0.15, 0.2) is 24.3 Å². The minimum Gasteiger partial charge on any atom is -0.466 e. The van der Waals surface area contributed by atoms with E-state index in [1.807, 2.05) is 6.08 Å². The van der Waals surface area contributed by atoms with Crippen LogP contribution in [-0.4, -0.2) is 47.4 Å². The first-order valence-corrected chi connectivity index (χ1v) is 28.6. The molecule has 0 aromatic carbocycles. The molecule has 0 aliphatic rings. The maximum absolute atomic E-state index is 12.5. The van der Waals surface area contributed by atoms with Gasteiger partial charge in [-0.05, 0) is 57.8 Å². The molecule has 0 fully saturated rings. The molecule has 0 radical (unpaired) electrons. The summed E-state index contributed by atoms with van der Waals surface area (Å²) in [5, 5.41) is 23.1. The molecule has 0 heterocycles. The minimum atomic E-state index is -0.862. The summed E-state index contributed by atoms with van der Waals surface area (Å²) in [7, 11) is 0. The second-order valence-electron chi connectivity index (χ2n) is 19.6. The van der Waals surface area contributed by atoms with E-state index in [0.29, 0.717) is 19.4 Å². The monoisotopic (exact) mass is 902 g/mol. The van der Waals surface area contributed by atoms with Crippen LogP contribution < -0.4 is 5.32 Å². The number of aliphatic hydroxyl groups is 2. The van der Waals surface area contributed by atoms with Gasteiger partial charge in [0, 0.05) is 12.8 Å². The normalized spacial score (nSPS) is 12.8. The number of hydrogen-bond donors (Lipinski definition) is 3. The highest BCUT2D eigenvalue weighted by Gasteiger charge is 2.18. The SMILES string of the molecule is CCCCCCCCCCCCCCCCCCCCCC/C=C/C(O)C(CO)NC(=O)CCCCC/C=C\CCCCCCCCOC(=O)CCCCCCCCCCCCCC. The van der Waals surface area contributed by atoms with Crippen molar-refractivity contribution in [2.45, 2.75) is 321 Å². The Hall–Kier alpha value is -1.66. The van der Waals surface area contributed by atoms with Crippen LogP contribution >= 0.6 is 0 Å². The second-order valence-corrected chi connectivity index (χ2v) is 19.6. The summed E-state index contributed by atoms with van der Waals surface area (Å²) < 4.78 is 5.45. The summed E-state index contributed by atoms with van der Waals surface area (Å²) in [5.41, 5.74) is 0. The molecular weight excluding hydrogens is 791 g/mol. The lowest BCUT2D eigenvalue weighted by atomic mass is 10.0. The number of allylic oxidation sites excluding steroid dienone is 3. The van der Waals surface area contributed by atoms with Crippen molar-refractivity contribution in [1.29, 1.82) is 0 Å². The predicted octanol–water partition coefficient (Wildman–Crippen LogP) is 17.5. The van der Waals surface area contributed by atoms with Gasteiger partial charge in [-0.1, -0.05) is 263 Å². The molecular formula is C58H111NO5. The number of esters is 1. The predicted molar refractivity (Wildman–Crippen MR) is 278 cm³/mol. The zero-order valence-electron chi connectivity index (χ0n) is 43.0. The highest BCUT2D eigenvalue weighted by Crippen LogP contribution is 2.17. The van der Waals surface area contributed by atoms with Crippen molar-refractivity contribution < 1.29 is 24.5 Å². The summed E-state index contributed by atoms with van der Waals surface area (Å²) in [6, 6.07) is -0.648. The first kappa shape index (κ1) is 62.3. The fourth-order valence-electron chi connectivity index (χ4n) is 8.81. The molecule has 6 heteroatoms. The molecule has 1 amide bonds. The standard InChI is InChI=1S/C58H111NO5/c1-3-5-7-9-11-13-15-17-18-19-20-21-22-23-24-25-27-30-34-38-42-46-50-56(61)55(54-60)59-57(62)51-47-43-39-35-31-28-26-29-33-37-41-45-49-53-64-58(63)52-48-44-40-36-32-16-14-12-10-8-6-4-2/h28,31,46,50,55-56,60-61H,3-27,29-30,32-45,47-49,51-54H2,1-2H3,(H,59,62)/b31-28-,50-46+. The van der Waals surface area contributed by atoms with Gasteiger partial charge in [-0.3, -0.25) is 9.59 Å². The maximum atomic E-state index is 12.5. The van der Waals surface area contributed by atoms with Gasteiger partial charge >= 0.3 is 5.97 Å². The first-order valence-electron chi connectivity index (χ1n) is 28.6. The van der Waals surface area contributed by atoms with E-state index in [1.54, 1.807) is 6.08 Å². The third-order valence-corrected chi connectivity index (χ3v) is 13.2. The fourth-order valence-corrected chi connectivity index (χ4v) is 8.81. The summed E-state index contributed by atoms with van der Waals surface area (Å²) in [5.74, 6) is -0.108. The molecule has 0 aliphatic carbocycles. The highest BCUT2D eigenvalue weighted by atomic mass is 16.5. The van der Waals surface area contributed by atoms with E-state index in [9.17, 15) is 19.8 Å². The molecule has 0 spiro atoms. The van der Waals surface area contributed by atoms with Gasteiger partial charge in [-0.15, -0.1) is 0 Å². The van der Waals surface area contributed by atoms with Gasteiger partial charge in [0.25, 0.3) is 0 Å². The molecule has 0 aliphatic heterocycles. The van der Waals surface area contributed by atoms with Gasteiger partial charge in [-0.25, -0.2) is 0 Å². The first-order chi connectivity index (χ1) is 31.5. The number of ether oxygens (including phenoxy) is 1. The number of carbonyl (C=O) groups is 2. The van der Waals surface area contributed by atoms with Crippen LogP contribution in [0.5, 0.6) is 0 Å². The van der Waals surface area contributed by atoms with Gasteiger partial charge in [0.2, 0.25) is 5.91 Å². The number of nitrogens with one attached hydrogen (secondary N) is 1. The van der Waals surface area contributed by atoms with Gasteiger partial charge in [-0.2, -0.15) is 0 Å². The van der Waals surface area contributed by atoms with Crippen LogP contribution in [0.2, 0.25) is 0 Å². The van der Waals surface area contributed by atoms with E-state index in [4.69, 9.17) is 4.74 Å². The average molecular weight is 903 g/mol. The minimum absolute atomic E-state index is 0.0129. The Bertz CT molecular complexity index is 997. The van der Waals surface area contributed by atoms with E-state index in [1.165, 1.54) is 212 Å². The maximum Gasteiger partial charge on any atom is 0.305 e. The molecule has 0 saturated carbocycles. The molecule has 0 rings (SSSR count).